The van der Waals surface area contributed by atoms with Crippen molar-refractivity contribution in [3.63, 3.8) is 0 Å². The van der Waals surface area contributed by atoms with E-state index < -0.39 is 0 Å². The molecule has 0 aromatic rings. The van der Waals surface area contributed by atoms with Crippen LogP contribution in [-0.4, -0.2) is 13.6 Å². The van der Waals surface area contributed by atoms with Gasteiger partial charge in [0.05, 0.1) is 6.07 Å². The SMILES string of the molecule is C[N-]CC1(C#N)CCC1.[Na+]. The molecule has 0 saturated heterocycles. The molecule has 0 amide bonds. The Hall–Kier alpha value is 0.450. The molecule has 3 heteroatoms. The zero-order chi connectivity index (χ0) is 6.74. The molecule has 0 atom stereocenters. The third kappa shape index (κ3) is 1.96. The minimum Gasteiger partial charge on any atom is -0.664 e. The summed E-state index contributed by atoms with van der Waals surface area (Å²) >= 11 is 0. The Balaban J connectivity index is 0.000000810. The van der Waals surface area contributed by atoms with Crippen LogP contribution in [0.1, 0.15) is 19.3 Å². The van der Waals surface area contributed by atoms with Crippen molar-refractivity contribution in [2.75, 3.05) is 13.6 Å². The first-order valence-corrected chi connectivity index (χ1v) is 3.30. The van der Waals surface area contributed by atoms with Gasteiger partial charge in [-0.15, -0.1) is 6.54 Å². The minimum absolute atomic E-state index is 0. The standard InChI is InChI=1S/C7H11N2.Na/c1-9-6-7(5-8)3-2-4-7;/h2-4,6H2,1H3;/q-1;+1. The van der Waals surface area contributed by atoms with Crippen LogP contribution in [0.25, 0.3) is 5.32 Å². The second-order valence-corrected chi connectivity index (χ2v) is 2.72. The summed E-state index contributed by atoms with van der Waals surface area (Å²) in [6.45, 7) is 0.740. The van der Waals surface area contributed by atoms with Gasteiger partial charge in [0.2, 0.25) is 0 Å². The van der Waals surface area contributed by atoms with E-state index in [0.717, 1.165) is 19.4 Å². The van der Waals surface area contributed by atoms with Crippen molar-refractivity contribution in [1.29, 1.82) is 5.26 Å². The van der Waals surface area contributed by atoms with Crippen LogP contribution >= 0.6 is 0 Å². The van der Waals surface area contributed by atoms with E-state index in [2.05, 4.69) is 11.4 Å². The first-order chi connectivity index (χ1) is 4.33. The number of hydrogen-bond donors (Lipinski definition) is 0. The van der Waals surface area contributed by atoms with Gasteiger partial charge in [-0.05, 0) is 12.8 Å². The van der Waals surface area contributed by atoms with Gasteiger partial charge >= 0.3 is 29.6 Å². The molecule has 0 N–H and O–H groups in total. The molecule has 50 valence electrons. The zero-order valence-corrected chi connectivity index (χ0v) is 8.72. The van der Waals surface area contributed by atoms with Gasteiger partial charge in [-0.25, -0.2) is 0 Å². The van der Waals surface area contributed by atoms with Gasteiger partial charge in [0.25, 0.3) is 0 Å². The molecule has 1 saturated carbocycles. The average molecular weight is 146 g/mol. The van der Waals surface area contributed by atoms with Gasteiger partial charge in [-0.1, -0.05) is 6.42 Å². The Morgan fingerprint density at radius 2 is 2.20 bits per heavy atom. The summed E-state index contributed by atoms with van der Waals surface area (Å²) in [6.07, 6.45) is 3.32. The van der Waals surface area contributed by atoms with Crippen molar-refractivity contribution >= 4 is 0 Å². The molecule has 0 bridgehead atoms. The number of hydrogen-bond acceptors (Lipinski definition) is 1. The van der Waals surface area contributed by atoms with Gasteiger partial charge < -0.3 is 5.32 Å². The Morgan fingerprint density at radius 1 is 1.60 bits per heavy atom. The van der Waals surface area contributed by atoms with E-state index in [1.165, 1.54) is 6.42 Å². The molecule has 0 aliphatic heterocycles. The summed E-state index contributed by atoms with van der Waals surface area (Å²) in [7, 11) is 1.78. The second kappa shape index (κ2) is 4.35. The van der Waals surface area contributed by atoms with Gasteiger partial charge in [-0.2, -0.15) is 12.3 Å². The van der Waals surface area contributed by atoms with Gasteiger partial charge in [0, 0.05) is 5.41 Å². The quantitative estimate of drug-likeness (QED) is 0.446. The van der Waals surface area contributed by atoms with Crippen molar-refractivity contribution in [3.05, 3.63) is 5.32 Å². The van der Waals surface area contributed by atoms with Gasteiger partial charge in [0.15, 0.2) is 0 Å². The molecule has 0 aromatic carbocycles. The van der Waals surface area contributed by atoms with Gasteiger partial charge in [-0.3, -0.25) is 0 Å². The van der Waals surface area contributed by atoms with E-state index in [4.69, 9.17) is 5.26 Å². The Kier molecular flexibility index (Phi) is 4.55. The molecule has 2 nitrogen and oxygen atoms in total. The molecule has 1 rings (SSSR count). The predicted molar refractivity (Wildman–Crippen MR) is 36.0 cm³/mol. The average Bonchev–Trinajstić information content (AvgIpc) is 1.79. The molecule has 1 aliphatic carbocycles. The third-order valence-corrected chi connectivity index (χ3v) is 2.01. The molecule has 10 heavy (non-hydrogen) atoms. The van der Waals surface area contributed by atoms with Gasteiger partial charge in [0.1, 0.15) is 0 Å². The predicted octanol–water partition coefficient (Wildman–Crippen LogP) is -1.31. The van der Waals surface area contributed by atoms with Crippen molar-refractivity contribution in [2.45, 2.75) is 19.3 Å². The number of rotatable bonds is 2. The first kappa shape index (κ1) is 10.4. The van der Waals surface area contributed by atoms with E-state index in [0.29, 0.717) is 0 Å². The smallest absolute Gasteiger partial charge is 0.664 e. The van der Waals surface area contributed by atoms with Crippen LogP contribution in [0.2, 0.25) is 0 Å². The van der Waals surface area contributed by atoms with Crippen LogP contribution in [-0.2, 0) is 0 Å². The fourth-order valence-corrected chi connectivity index (χ4v) is 1.21. The number of nitriles is 1. The summed E-state index contributed by atoms with van der Waals surface area (Å²) in [5.41, 5.74) is -0.0469. The monoisotopic (exact) mass is 146 g/mol. The fraction of sp³-hybridized carbons (Fsp3) is 0.857. The van der Waals surface area contributed by atoms with Crippen LogP contribution in [0, 0.1) is 16.7 Å². The molecule has 1 fully saturated rings. The summed E-state index contributed by atoms with van der Waals surface area (Å²) in [4.78, 5) is 0. The molecular formula is C7H11N2Na. The van der Waals surface area contributed by atoms with E-state index >= 15 is 0 Å². The largest absolute Gasteiger partial charge is 1.00 e. The van der Waals surface area contributed by atoms with E-state index in [1.807, 2.05) is 0 Å². The molecule has 0 heterocycles. The Bertz CT molecular complexity index is 135. The molecule has 0 unspecified atom stereocenters. The van der Waals surface area contributed by atoms with Crippen molar-refractivity contribution in [1.82, 2.24) is 0 Å². The van der Waals surface area contributed by atoms with Crippen LogP contribution in [0.3, 0.4) is 0 Å². The first-order valence-electron chi connectivity index (χ1n) is 3.30. The molecule has 0 radical (unpaired) electrons. The van der Waals surface area contributed by atoms with Crippen LogP contribution < -0.4 is 29.6 Å². The van der Waals surface area contributed by atoms with E-state index in [9.17, 15) is 0 Å². The molecule has 0 spiro atoms. The summed E-state index contributed by atoms with van der Waals surface area (Å²) in [6, 6.07) is 2.32. The number of nitrogens with zero attached hydrogens (tertiary/aromatic N) is 2. The summed E-state index contributed by atoms with van der Waals surface area (Å²) in [5, 5.41) is 12.6. The third-order valence-electron chi connectivity index (χ3n) is 2.01. The summed E-state index contributed by atoms with van der Waals surface area (Å²) in [5.74, 6) is 0. The fourth-order valence-electron chi connectivity index (χ4n) is 1.21. The van der Waals surface area contributed by atoms with E-state index in [-0.39, 0.29) is 35.0 Å². The van der Waals surface area contributed by atoms with Crippen LogP contribution in [0.15, 0.2) is 0 Å². The minimum atomic E-state index is -0.0469. The van der Waals surface area contributed by atoms with Crippen molar-refractivity contribution in [3.8, 4) is 6.07 Å². The topological polar surface area (TPSA) is 37.9 Å². The summed E-state index contributed by atoms with van der Waals surface area (Å²) < 4.78 is 0. The van der Waals surface area contributed by atoms with E-state index in [1.54, 1.807) is 7.05 Å². The maximum Gasteiger partial charge on any atom is 1.00 e. The normalized spacial score (nSPS) is 20.0. The van der Waals surface area contributed by atoms with Crippen LogP contribution in [0.5, 0.6) is 0 Å². The Labute approximate surface area is 84.3 Å². The van der Waals surface area contributed by atoms with Crippen molar-refractivity contribution < 1.29 is 29.6 Å². The zero-order valence-electron chi connectivity index (χ0n) is 6.72. The molecular weight excluding hydrogens is 135 g/mol. The molecule has 0 aromatic heterocycles. The Morgan fingerprint density at radius 3 is 2.30 bits per heavy atom. The maximum atomic E-state index is 8.66. The van der Waals surface area contributed by atoms with Crippen molar-refractivity contribution in [2.24, 2.45) is 5.41 Å². The maximum absolute atomic E-state index is 8.66. The molecule has 1 aliphatic rings. The second-order valence-electron chi connectivity index (χ2n) is 2.72. The van der Waals surface area contributed by atoms with Crippen LogP contribution in [0.4, 0.5) is 0 Å².